The molecule has 3 heterocycles. The van der Waals surface area contributed by atoms with Gasteiger partial charge in [0.2, 0.25) is 11.8 Å². The third-order valence-electron chi connectivity index (χ3n) is 4.96. The van der Waals surface area contributed by atoms with Crippen LogP contribution in [0.4, 0.5) is 5.69 Å². The van der Waals surface area contributed by atoms with Gasteiger partial charge in [0.1, 0.15) is 17.3 Å². The van der Waals surface area contributed by atoms with Crippen LogP contribution >= 0.6 is 11.8 Å². The number of hydrogen-bond acceptors (Lipinski definition) is 6. The zero-order chi connectivity index (χ0) is 19.0. The molecule has 2 amide bonds. The molecule has 2 saturated heterocycles. The molecule has 0 saturated carbocycles. The van der Waals surface area contributed by atoms with Crippen LogP contribution in [-0.4, -0.2) is 67.1 Å². The van der Waals surface area contributed by atoms with E-state index in [1.54, 1.807) is 28.0 Å². The van der Waals surface area contributed by atoms with Crippen molar-refractivity contribution in [3.63, 3.8) is 0 Å². The van der Waals surface area contributed by atoms with Crippen molar-refractivity contribution in [2.75, 3.05) is 36.6 Å². The Morgan fingerprint density at radius 3 is 2.93 bits per heavy atom. The van der Waals surface area contributed by atoms with E-state index in [-0.39, 0.29) is 29.2 Å². The normalized spacial score (nSPS) is 24.2. The number of para-hydroxylation sites is 1. The maximum atomic E-state index is 12.6. The first-order chi connectivity index (χ1) is 12.9. The molecule has 27 heavy (non-hydrogen) atoms. The Morgan fingerprint density at radius 1 is 1.33 bits per heavy atom. The Bertz CT molecular complexity index is 915. The molecule has 0 radical (unpaired) electrons. The topological polar surface area (TPSA) is 99.2 Å². The number of nitrogens with one attached hydrogen (secondary N) is 1. The fourth-order valence-corrected chi connectivity index (χ4v) is 5.64. The van der Waals surface area contributed by atoms with Gasteiger partial charge >= 0.3 is 0 Å². The second kappa shape index (κ2) is 7.16. The van der Waals surface area contributed by atoms with E-state index >= 15 is 0 Å². The van der Waals surface area contributed by atoms with E-state index in [4.69, 9.17) is 0 Å². The first-order valence-corrected chi connectivity index (χ1v) is 11.4. The number of piperidine rings is 1. The molecular formula is C17H20N4O4S2. The summed E-state index contributed by atoms with van der Waals surface area (Å²) in [7, 11) is -3.74. The second-order valence-corrected chi connectivity index (χ2v) is 9.35. The van der Waals surface area contributed by atoms with Crippen LogP contribution in [0.5, 0.6) is 0 Å². The van der Waals surface area contributed by atoms with Crippen molar-refractivity contribution in [3.05, 3.63) is 24.3 Å². The van der Waals surface area contributed by atoms with Gasteiger partial charge in [-0.05, 0) is 25.0 Å². The summed E-state index contributed by atoms with van der Waals surface area (Å²) in [4.78, 5) is 27.8. The van der Waals surface area contributed by atoms with E-state index < -0.39 is 10.0 Å². The van der Waals surface area contributed by atoms with E-state index in [2.05, 4.69) is 9.71 Å². The number of hydrogen-bond donors (Lipinski definition) is 1. The molecule has 0 bridgehead atoms. The van der Waals surface area contributed by atoms with Gasteiger partial charge in [-0.2, -0.15) is 8.42 Å². The number of amides is 2. The first kappa shape index (κ1) is 18.3. The van der Waals surface area contributed by atoms with Gasteiger partial charge in [0.05, 0.1) is 17.3 Å². The molecule has 0 spiro atoms. The molecule has 1 N–H and O–H groups in total. The quantitative estimate of drug-likeness (QED) is 0.800. The predicted octanol–water partition coefficient (Wildman–Crippen LogP) is 0.971. The largest absolute Gasteiger partial charge is 0.342 e. The number of fused-ring (bicyclic) bond motifs is 1. The lowest BCUT2D eigenvalue weighted by atomic mass is 9.96. The number of thioether (sulfide) groups is 1. The van der Waals surface area contributed by atoms with E-state index in [0.29, 0.717) is 36.2 Å². The molecule has 1 aromatic rings. The summed E-state index contributed by atoms with van der Waals surface area (Å²) in [6.07, 6.45) is 1.52. The molecule has 8 nitrogen and oxygen atoms in total. The number of rotatable bonds is 3. The van der Waals surface area contributed by atoms with Crippen LogP contribution in [0.2, 0.25) is 0 Å². The van der Waals surface area contributed by atoms with Crippen LogP contribution in [-0.2, 0) is 19.6 Å². The van der Waals surface area contributed by atoms with Crippen molar-refractivity contribution in [2.24, 2.45) is 10.3 Å². The monoisotopic (exact) mass is 408 g/mol. The van der Waals surface area contributed by atoms with Crippen LogP contribution in [0.3, 0.4) is 0 Å². The summed E-state index contributed by atoms with van der Waals surface area (Å²) in [5, 5.41) is 3.13. The highest BCUT2D eigenvalue weighted by Gasteiger charge is 2.33. The Hall–Kier alpha value is -2.07. The maximum absolute atomic E-state index is 12.6. The highest BCUT2D eigenvalue weighted by Crippen LogP contribution is 2.30. The molecule has 1 aromatic carbocycles. The van der Waals surface area contributed by atoms with Crippen molar-refractivity contribution < 1.29 is 18.0 Å². The average Bonchev–Trinajstić information content (AvgIpc) is 3.06. The Labute approximate surface area is 162 Å². The van der Waals surface area contributed by atoms with Crippen molar-refractivity contribution in [3.8, 4) is 0 Å². The van der Waals surface area contributed by atoms with E-state index in [1.165, 1.54) is 17.8 Å². The molecular weight excluding hydrogens is 388 g/mol. The summed E-state index contributed by atoms with van der Waals surface area (Å²) < 4.78 is 28.9. The number of anilines is 1. The Balaban J connectivity index is 1.48. The third kappa shape index (κ3) is 3.68. The third-order valence-corrected chi connectivity index (χ3v) is 7.25. The number of amidine groups is 1. The summed E-state index contributed by atoms with van der Waals surface area (Å²) in [6, 6.07) is 6.67. The van der Waals surface area contributed by atoms with Crippen molar-refractivity contribution in [2.45, 2.75) is 17.7 Å². The zero-order valence-electron chi connectivity index (χ0n) is 14.6. The minimum Gasteiger partial charge on any atom is -0.342 e. The van der Waals surface area contributed by atoms with Gasteiger partial charge in [0.15, 0.2) is 0 Å². The summed E-state index contributed by atoms with van der Waals surface area (Å²) in [5.41, 5.74) is 0.519. The van der Waals surface area contributed by atoms with Crippen LogP contribution < -0.4 is 5.32 Å². The van der Waals surface area contributed by atoms with Crippen molar-refractivity contribution in [1.29, 1.82) is 0 Å². The molecule has 3 aliphatic rings. The molecule has 1 unspecified atom stereocenters. The highest BCUT2D eigenvalue weighted by atomic mass is 32.2. The molecule has 10 heteroatoms. The lowest BCUT2D eigenvalue weighted by Crippen LogP contribution is -2.48. The van der Waals surface area contributed by atoms with E-state index in [1.807, 2.05) is 0 Å². The van der Waals surface area contributed by atoms with Gasteiger partial charge in [0.25, 0.3) is 10.0 Å². The lowest BCUT2D eigenvalue weighted by molar-refractivity contribution is -0.138. The van der Waals surface area contributed by atoms with Crippen LogP contribution in [0.15, 0.2) is 33.6 Å². The molecule has 0 aliphatic carbocycles. The minimum atomic E-state index is -3.74. The van der Waals surface area contributed by atoms with Crippen LogP contribution in [0.25, 0.3) is 0 Å². The van der Waals surface area contributed by atoms with Gasteiger partial charge in [-0.15, -0.1) is 16.2 Å². The number of benzene rings is 1. The SMILES string of the molecule is O=C1CSCN1CC(=O)N1CCCC(C2=NS(=O)(=O)c3ccccc3N2)C1. The van der Waals surface area contributed by atoms with Crippen LogP contribution in [0.1, 0.15) is 12.8 Å². The van der Waals surface area contributed by atoms with E-state index in [9.17, 15) is 18.0 Å². The van der Waals surface area contributed by atoms with Crippen LogP contribution in [0, 0.1) is 5.92 Å². The lowest BCUT2D eigenvalue weighted by Gasteiger charge is -2.35. The molecule has 4 rings (SSSR count). The molecule has 2 fully saturated rings. The van der Waals surface area contributed by atoms with Gasteiger partial charge in [0, 0.05) is 19.0 Å². The average molecular weight is 409 g/mol. The second-order valence-electron chi connectivity index (χ2n) is 6.82. The number of nitrogens with zero attached hydrogens (tertiary/aromatic N) is 3. The summed E-state index contributed by atoms with van der Waals surface area (Å²) >= 11 is 1.51. The fourth-order valence-electron chi connectivity index (χ4n) is 3.54. The van der Waals surface area contributed by atoms with Crippen molar-refractivity contribution >= 4 is 45.1 Å². The molecule has 1 atom stereocenters. The number of sulfonamides is 1. The Kier molecular flexibility index (Phi) is 4.85. The smallest absolute Gasteiger partial charge is 0.286 e. The van der Waals surface area contributed by atoms with Crippen molar-refractivity contribution in [1.82, 2.24) is 9.80 Å². The number of likely N-dealkylation sites (tertiary alicyclic amines) is 1. The molecule has 3 aliphatic heterocycles. The zero-order valence-corrected chi connectivity index (χ0v) is 16.3. The minimum absolute atomic E-state index is 0.0112. The standard InChI is InChI=1S/C17H20N4O4S2/c22-15(9-21-11-26-10-16(21)23)20-7-3-4-12(8-20)17-18-13-5-1-2-6-14(13)27(24,25)19-17/h1-2,5-6,12H,3-4,7-11H2,(H,18,19). The van der Waals surface area contributed by atoms with Gasteiger partial charge in [-0.1, -0.05) is 12.1 Å². The fraction of sp³-hybridized carbons (Fsp3) is 0.471. The molecule has 144 valence electrons. The predicted molar refractivity (Wildman–Crippen MR) is 103 cm³/mol. The van der Waals surface area contributed by atoms with E-state index in [0.717, 1.165) is 12.8 Å². The summed E-state index contributed by atoms with van der Waals surface area (Å²) in [6.45, 7) is 1.10. The maximum Gasteiger partial charge on any atom is 0.286 e. The molecule has 0 aromatic heterocycles. The van der Waals surface area contributed by atoms with Gasteiger partial charge < -0.3 is 15.1 Å². The Morgan fingerprint density at radius 2 is 2.15 bits per heavy atom. The first-order valence-electron chi connectivity index (χ1n) is 8.78. The number of carbonyl (C=O) groups is 2. The van der Waals surface area contributed by atoms with Gasteiger partial charge in [-0.25, -0.2) is 0 Å². The van der Waals surface area contributed by atoms with Gasteiger partial charge in [-0.3, -0.25) is 9.59 Å². The summed E-state index contributed by atoms with van der Waals surface area (Å²) in [5.74, 6) is 1.07. The number of carbonyl (C=O) groups excluding carboxylic acids is 2. The highest BCUT2D eigenvalue weighted by molar-refractivity contribution is 8.00.